The van der Waals surface area contributed by atoms with E-state index >= 15 is 0 Å². The number of carbonyl (C=O) groups excluding carboxylic acids is 1. The standard InChI is InChI=1S/C15H23NO3/c1-4-8-18-13-6-5-7-14(9-13)19-11-15(17)16-10-12(2)3/h5-7,9,12H,4,8,10-11H2,1-3H3,(H,16,17). The molecular weight excluding hydrogens is 242 g/mol. The molecule has 0 bridgehead atoms. The summed E-state index contributed by atoms with van der Waals surface area (Å²) in [6.45, 7) is 7.54. The van der Waals surface area contributed by atoms with Crippen LogP contribution in [0.25, 0.3) is 0 Å². The van der Waals surface area contributed by atoms with Crippen molar-refractivity contribution < 1.29 is 14.3 Å². The van der Waals surface area contributed by atoms with Gasteiger partial charge in [0, 0.05) is 12.6 Å². The Labute approximate surface area is 115 Å². The lowest BCUT2D eigenvalue weighted by atomic mass is 10.2. The van der Waals surface area contributed by atoms with Crippen LogP contribution in [0.15, 0.2) is 24.3 Å². The molecule has 1 aromatic rings. The molecular formula is C15H23NO3. The number of hydrogen-bond donors (Lipinski definition) is 1. The second kappa shape index (κ2) is 8.40. The van der Waals surface area contributed by atoms with Crippen molar-refractivity contribution >= 4 is 5.91 Å². The van der Waals surface area contributed by atoms with E-state index in [4.69, 9.17) is 9.47 Å². The lowest BCUT2D eigenvalue weighted by molar-refractivity contribution is -0.123. The molecule has 0 heterocycles. The summed E-state index contributed by atoms with van der Waals surface area (Å²) in [6, 6.07) is 7.34. The third-order valence-corrected chi connectivity index (χ3v) is 2.36. The molecule has 0 radical (unpaired) electrons. The maximum absolute atomic E-state index is 11.5. The van der Waals surface area contributed by atoms with Crippen LogP contribution in [-0.2, 0) is 4.79 Å². The SMILES string of the molecule is CCCOc1cccc(OCC(=O)NCC(C)C)c1. The molecule has 1 N–H and O–H groups in total. The molecule has 0 fully saturated rings. The first kappa shape index (κ1) is 15.3. The molecule has 0 saturated heterocycles. The number of nitrogens with one attached hydrogen (secondary N) is 1. The van der Waals surface area contributed by atoms with Crippen LogP contribution in [0.3, 0.4) is 0 Å². The lowest BCUT2D eigenvalue weighted by Gasteiger charge is -2.10. The van der Waals surface area contributed by atoms with Gasteiger partial charge in [-0.15, -0.1) is 0 Å². The van der Waals surface area contributed by atoms with E-state index in [1.54, 1.807) is 6.07 Å². The van der Waals surface area contributed by atoms with E-state index in [0.29, 0.717) is 24.8 Å². The van der Waals surface area contributed by atoms with E-state index in [-0.39, 0.29) is 12.5 Å². The molecule has 19 heavy (non-hydrogen) atoms. The molecule has 1 aromatic carbocycles. The molecule has 0 saturated carbocycles. The van der Waals surface area contributed by atoms with Crippen molar-refractivity contribution in [3.05, 3.63) is 24.3 Å². The fraction of sp³-hybridized carbons (Fsp3) is 0.533. The van der Waals surface area contributed by atoms with Crippen molar-refractivity contribution in [2.45, 2.75) is 27.2 Å². The minimum Gasteiger partial charge on any atom is -0.493 e. The Morgan fingerprint density at radius 1 is 1.26 bits per heavy atom. The normalized spacial score (nSPS) is 10.3. The van der Waals surface area contributed by atoms with Crippen LogP contribution in [0.5, 0.6) is 11.5 Å². The van der Waals surface area contributed by atoms with Gasteiger partial charge in [-0.3, -0.25) is 4.79 Å². The highest BCUT2D eigenvalue weighted by molar-refractivity contribution is 5.77. The Balaban J connectivity index is 2.38. The second-order valence-corrected chi connectivity index (χ2v) is 4.81. The Bertz CT molecular complexity index is 391. The van der Waals surface area contributed by atoms with Crippen LogP contribution < -0.4 is 14.8 Å². The van der Waals surface area contributed by atoms with Gasteiger partial charge in [-0.2, -0.15) is 0 Å². The molecule has 4 nitrogen and oxygen atoms in total. The van der Waals surface area contributed by atoms with Crippen LogP contribution in [0.1, 0.15) is 27.2 Å². The zero-order valence-corrected chi connectivity index (χ0v) is 11.9. The molecule has 106 valence electrons. The molecule has 0 aliphatic heterocycles. The number of ether oxygens (including phenoxy) is 2. The predicted octanol–water partition coefficient (Wildman–Crippen LogP) is 2.63. The van der Waals surface area contributed by atoms with Crippen LogP contribution >= 0.6 is 0 Å². The summed E-state index contributed by atoms with van der Waals surface area (Å²) in [5.41, 5.74) is 0. The molecule has 4 heteroatoms. The Hall–Kier alpha value is -1.71. The molecule has 0 atom stereocenters. The summed E-state index contributed by atoms with van der Waals surface area (Å²) in [6.07, 6.45) is 0.961. The molecule has 1 amide bonds. The summed E-state index contributed by atoms with van der Waals surface area (Å²) in [7, 11) is 0. The summed E-state index contributed by atoms with van der Waals surface area (Å²) in [4.78, 5) is 11.5. The topological polar surface area (TPSA) is 47.6 Å². The third-order valence-electron chi connectivity index (χ3n) is 2.36. The molecule has 1 rings (SSSR count). The fourth-order valence-electron chi connectivity index (χ4n) is 1.39. The zero-order valence-electron chi connectivity index (χ0n) is 11.9. The van der Waals surface area contributed by atoms with Crippen molar-refractivity contribution in [2.75, 3.05) is 19.8 Å². The number of benzene rings is 1. The maximum atomic E-state index is 11.5. The van der Waals surface area contributed by atoms with Gasteiger partial charge in [-0.05, 0) is 24.5 Å². The molecule has 0 aliphatic carbocycles. The van der Waals surface area contributed by atoms with Gasteiger partial charge < -0.3 is 14.8 Å². The Kier molecular flexibility index (Phi) is 6.79. The molecule has 0 unspecified atom stereocenters. The largest absolute Gasteiger partial charge is 0.493 e. The lowest BCUT2D eigenvalue weighted by Crippen LogP contribution is -2.31. The van der Waals surface area contributed by atoms with Gasteiger partial charge in [0.2, 0.25) is 0 Å². The first-order chi connectivity index (χ1) is 9.11. The Morgan fingerprint density at radius 2 is 1.95 bits per heavy atom. The van der Waals surface area contributed by atoms with Gasteiger partial charge in [0.15, 0.2) is 6.61 Å². The fourth-order valence-corrected chi connectivity index (χ4v) is 1.39. The van der Waals surface area contributed by atoms with Gasteiger partial charge in [0.05, 0.1) is 6.61 Å². The molecule has 0 aromatic heterocycles. The highest BCUT2D eigenvalue weighted by atomic mass is 16.5. The first-order valence-corrected chi connectivity index (χ1v) is 6.74. The van der Waals surface area contributed by atoms with Crippen molar-refractivity contribution in [3.63, 3.8) is 0 Å². The van der Waals surface area contributed by atoms with Gasteiger partial charge in [-0.25, -0.2) is 0 Å². The van der Waals surface area contributed by atoms with E-state index in [0.717, 1.165) is 12.2 Å². The second-order valence-electron chi connectivity index (χ2n) is 4.81. The average Bonchev–Trinajstić information content (AvgIpc) is 2.41. The monoisotopic (exact) mass is 265 g/mol. The van der Waals surface area contributed by atoms with Gasteiger partial charge in [0.25, 0.3) is 5.91 Å². The third kappa shape index (κ3) is 6.70. The smallest absolute Gasteiger partial charge is 0.257 e. The number of carbonyl (C=O) groups is 1. The summed E-state index contributed by atoms with van der Waals surface area (Å²) in [5.74, 6) is 1.75. The van der Waals surface area contributed by atoms with Crippen LogP contribution in [-0.4, -0.2) is 25.7 Å². The van der Waals surface area contributed by atoms with E-state index in [1.165, 1.54) is 0 Å². The van der Waals surface area contributed by atoms with Crippen LogP contribution in [0, 0.1) is 5.92 Å². The predicted molar refractivity (Wildman–Crippen MR) is 75.6 cm³/mol. The highest BCUT2D eigenvalue weighted by Gasteiger charge is 2.04. The van der Waals surface area contributed by atoms with Gasteiger partial charge >= 0.3 is 0 Å². The van der Waals surface area contributed by atoms with Crippen molar-refractivity contribution in [3.8, 4) is 11.5 Å². The van der Waals surface area contributed by atoms with Gasteiger partial charge in [0.1, 0.15) is 11.5 Å². The highest BCUT2D eigenvalue weighted by Crippen LogP contribution is 2.19. The summed E-state index contributed by atoms with van der Waals surface area (Å²) >= 11 is 0. The number of hydrogen-bond acceptors (Lipinski definition) is 3. The Morgan fingerprint density at radius 3 is 2.58 bits per heavy atom. The minimum absolute atomic E-state index is 0.0317. The molecule has 0 spiro atoms. The van der Waals surface area contributed by atoms with E-state index in [2.05, 4.69) is 26.1 Å². The zero-order chi connectivity index (χ0) is 14.1. The van der Waals surface area contributed by atoms with Crippen molar-refractivity contribution in [1.82, 2.24) is 5.32 Å². The van der Waals surface area contributed by atoms with Crippen molar-refractivity contribution in [2.24, 2.45) is 5.92 Å². The summed E-state index contributed by atoms with van der Waals surface area (Å²) in [5, 5.41) is 2.81. The van der Waals surface area contributed by atoms with Gasteiger partial charge in [-0.1, -0.05) is 26.8 Å². The maximum Gasteiger partial charge on any atom is 0.257 e. The van der Waals surface area contributed by atoms with E-state index in [1.807, 2.05) is 18.2 Å². The quantitative estimate of drug-likeness (QED) is 0.786. The number of rotatable bonds is 8. The first-order valence-electron chi connectivity index (χ1n) is 6.74. The molecule has 0 aliphatic rings. The summed E-state index contributed by atoms with van der Waals surface area (Å²) < 4.78 is 10.9. The van der Waals surface area contributed by atoms with E-state index in [9.17, 15) is 4.79 Å². The van der Waals surface area contributed by atoms with Crippen molar-refractivity contribution in [1.29, 1.82) is 0 Å². The average molecular weight is 265 g/mol. The minimum atomic E-state index is -0.103. The van der Waals surface area contributed by atoms with E-state index < -0.39 is 0 Å². The van der Waals surface area contributed by atoms with Crippen LogP contribution in [0.2, 0.25) is 0 Å². The number of amides is 1. The van der Waals surface area contributed by atoms with Crippen LogP contribution in [0.4, 0.5) is 0 Å².